The summed E-state index contributed by atoms with van der Waals surface area (Å²) in [6, 6.07) is 1.00. The lowest BCUT2D eigenvalue weighted by Gasteiger charge is -2.26. The van der Waals surface area contributed by atoms with Crippen molar-refractivity contribution in [1.29, 1.82) is 0 Å². The van der Waals surface area contributed by atoms with E-state index < -0.39 is 35.1 Å². The molecule has 1 N–H and O–H groups in total. The van der Waals surface area contributed by atoms with Crippen LogP contribution in [0.25, 0.3) is 0 Å². The van der Waals surface area contributed by atoms with Gasteiger partial charge in [-0.2, -0.15) is 38.1 Å². The molecule has 1 aliphatic heterocycles. The van der Waals surface area contributed by atoms with Gasteiger partial charge in [-0.25, -0.2) is 0 Å². The van der Waals surface area contributed by atoms with Crippen molar-refractivity contribution < 1.29 is 35.9 Å². The van der Waals surface area contributed by atoms with Crippen LogP contribution in [0.4, 0.5) is 32.0 Å². The SMILES string of the molecule is O=C(CSCCN1CCOCC1)Nc1cc(C(F)(F)F)cc(C(F)(F)F)c1. The number of amides is 1. The van der Waals surface area contributed by atoms with E-state index in [0.29, 0.717) is 31.1 Å². The maximum Gasteiger partial charge on any atom is 0.416 e. The van der Waals surface area contributed by atoms with E-state index >= 15 is 0 Å². The molecule has 0 aliphatic carbocycles. The number of hydrogen-bond donors (Lipinski definition) is 1. The van der Waals surface area contributed by atoms with E-state index in [9.17, 15) is 31.1 Å². The topological polar surface area (TPSA) is 41.6 Å². The zero-order chi connectivity index (χ0) is 20.1. The fourth-order valence-electron chi connectivity index (χ4n) is 2.41. The van der Waals surface area contributed by atoms with Crippen LogP contribution in [0.5, 0.6) is 0 Å². The Morgan fingerprint density at radius 3 is 2.11 bits per heavy atom. The number of nitrogens with one attached hydrogen (secondary N) is 1. The summed E-state index contributed by atoms with van der Waals surface area (Å²) in [5, 5.41) is 2.11. The van der Waals surface area contributed by atoms with Crippen molar-refractivity contribution in [1.82, 2.24) is 4.90 Å². The van der Waals surface area contributed by atoms with Crippen LogP contribution in [-0.4, -0.2) is 55.2 Å². The predicted octanol–water partition coefficient (Wildman–Crippen LogP) is 3.73. The highest BCUT2D eigenvalue weighted by atomic mass is 32.2. The summed E-state index contributed by atoms with van der Waals surface area (Å²) in [6.45, 7) is 3.59. The van der Waals surface area contributed by atoms with Crippen molar-refractivity contribution in [3.05, 3.63) is 29.3 Å². The number of rotatable bonds is 6. The average Bonchev–Trinajstić information content (AvgIpc) is 2.58. The monoisotopic (exact) mass is 416 g/mol. The number of thioether (sulfide) groups is 1. The van der Waals surface area contributed by atoms with Gasteiger partial charge in [0.2, 0.25) is 5.91 Å². The Labute approximate surface area is 156 Å². The molecule has 1 amide bonds. The molecule has 0 radical (unpaired) electrons. The molecular weight excluding hydrogens is 398 g/mol. The minimum absolute atomic E-state index is 0.0206. The number of carbonyl (C=O) groups excluding carboxylic acids is 1. The van der Waals surface area contributed by atoms with Crippen LogP contribution in [0, 0.1) is 0 Å². The van der Waals surface area contributed by atoms with E-state index in [1.165, 1.54) is 11.8 Å². The molecule has 1 aromatic carbocycles. The standard InChI is InChI=1S/C16H18F6N2O2S/c17-15(18,19)11-7-12(16(20,21)22)9-13(8-11)23-14(25)10-27-6-3-24-1-4-26-5-2-24/h7-9H,1-6,10H2,(H,23,25). The molecule has 152 valence electrons. The molecule has 0 unspecified atom stereocenters. The van der Waals surface area contributed by atoms with E-state index in [1.54, 1.807) is 0 Å². The van der Waals surface area contributed by atoms with E-state index in [2.05, 4.69) is 10.2 Å². The quantitative estimate of drug-likeness (QED) is 0.567. The molecule has 1 aromatic rings. The molecule has 1 heterocycles. The van der Waals surface area contributed by atoms with E-state index in [-0.39, 0.29) is 11.8 Å². The highest BCUT2D eigenvalue weighted by Gasteiger charge is 2.37. The number of anilines is 1. The normalized spacial score (nSPS) is 16.4. The Balaban J connectivity index is 1.91. The van der Waals surface area contributed by atoms with Crippen molar-refractivity contribution in [3.63, 3.8) is 0 Å². The van der Waals surface area contributed by atoms with E-state index in [0.717, 1.165) is 19.6 Å². The first-order valence-corrected chi connectivity index (χ1v) is 9.18. The minimum Gasteiger partial charge on any atom is -0.379 e. The summed E-state index contributed by atoms with van der Waals surface area (Å²) in [5.74, 6) is -0.111. The van der Waals surface area contributed by atoms with Gasteiger partial charge in [-0.3, -0.25) is 9.69 Å². The highest BCUT2D eigenvalue weighted by molar-refractivity contribution is 7.99. The second-order valence-corrected chi connectivity index (χ2v) is 6.95. The molecular formula is C16H18F6N2O2S. The number of ether oxygens (including phenoxy) is 1. The maximum absolute atomic E-state index is 12.8. The number of hydrogen-bond acceptors (Lipinski definition) is 4. The van der Waals surface area contributed by atoms with Crippen molar-refractivity contribution in [3.8, 4) is 0 Å². The van der Waals surface area contributed by atoms with Gasteiger partial charge in [-0.05, 0) is 18.2 Å². The molecule has 2 rings (SSSR count). The Morgan fingerprint density at radius 1 is 1.04 bits per heavy atom. The van der Waals surface area contributed by atoms with Gasteiger partial charge in [0.15, 0.2) is 0 Å². The molecule has 0 spiro atoms. The fourth-order valence-corrected chi connectivity index (χ4v) is 3.20. The summed E-state index contributed by atoms with van der Waals surface area (Å²) in [6.07, 6.45) is -9.90. The van der Waals surface area contributed by atoms with Crippen LogP contribution >= 0.6 is 11.8 Å². The smallest absolute Gasteiger partial charge is 0.379 e. The highest BCUT2D eigenvalue weighted by Crippen LogP contribution is 2.37. The summed E-state index contributed by atoms with van der Waals surface area (Å²) in [5.41, 5.74) is -3.46. The van der Waals surface area contributed by atoms with E-state index in [1.807, 2.05) is 0 Å². The first kappa shape index (κ1) is 21.8. The van der Waals surface area contributed by atoms with Crippen LogP contribution in [-0.2, 0) is 21.9 Å². The third-order valence-electron chi connectivity index (χ3n) is 3.76. The van der Waals surface area contributed by atoms with Gasteiger partial charge in [0.25, 0.3) is 0 Å². The van der Waals surface area contributed by atoms with Crippen LogP contribution in [0.15, 0.2) is 18.2 Å². The number of morpholine rings is 1. The maximum atomic E-state index is 12.8. The number of halogens is 6. The largest absolute Gasteiger partial charge is 0.416 e. The Morgan fingerprint density at radius 2 is 1.59 bits per heavy atom. The van der Waals surface area contributed by atoms with Gasteiger partial charge in [0.05, 0.1) is 30.1 Å². The summed E-state index contributed by atoms with van der Waals surface area (Å²) in [4.78, 5) is 14.0. The molecule has 1 saturated heterocycles. The lowest BCUT2D eigenvalue weighted by Crippen LogP contribution is -2.37. The molecule has 4 nitrogen and oxygen atoms in total. The summed E-state index contributed by atoms with van der Waals surface area (Å²) >= 11 is 1.25. The summed E-state index contributed by atoms with van der Waals surface area (Å²) in [7, 11) is 0. The molecule has 0 saturated carbocycles. The lowest BCUT2D eigenvalue weighted by atomic mass is 10.1. The lowest BCUT2D eigenvalue weighted by molar-refractivity contribution is -0.143. The van der Waals surface area contributed by atoms with Gasteiger partial charge < -0.3 is 10.1 Å². The Kier molecular flexibility index (Phi) is 7.40. The number of nitrogens with zero attached hydrogens (tertiary/aromatic N) is 1. The summed E-state index contributed by atoms with van der Waals surface area (Å²) < 4.78 is 82.0. The van der Waals surface area contributed by atoms with Crippen molar-refractivity contribution in [2.24, 2.45) is 0 Å². The van der Waals surface area contributed by atoms with Gasteiger partial charge >= 0.3 is 12.4 Å². The number of carbonyl (C=O) groups is 1. The first-order valence-electron chi connectivity index (χ1n) is 8.03. The zero-order valence-corrected chi connectivity index (χ0v) is 14.9. The van der Waals surface area contributed by atoms with Crippen LogP contribution in [0.2, 0.25) is 0 Å². The van der Waals surface area contributed by atoms with Gasteiger partial charge in [0.1, 0.15) is 0 Å². The predicted molar refractivity (Wildman–Crippen MR) is 89.7 cm³/mol. The fraction of sp³-hybridized carbons (Fsp3) is 0.562. The second-order valence-electron chi connectivity index (χ2n) is 5.85. The zero-order valence-electron chi connectivity index (χ0n) is 14.1. The molecule has 0 bridgehead atoms. The van der Waals surface area contributed by atoms with Crippen molar-refractivity contribution >= 4 is 23.4 Å². The Bertz CT molecular complexity index is 613. The van der Waals surface area contributed by atoms with Crippen LogP contribution in [0.1, 0.15) is 11.1 Å². The second kappa shape index (κ2) is 9.16. The molecule has 0 aromatic heterocycles. The van der Waals surface area contributed by atoms with Crippen LogP contribution < -0.4 is 5.32 Å². The molecule has 1 fully saturated rings. The third kappa shape index (κ3) is 7.23. The Hall–Kier alpha value is -1.46. The van der Waals surface area contributed by atoms with Gasteiger partial charge in [0, 0.05) is 31.1 Å². The van der Waals surface area contributed by atoms with Crippen molar-refractivity contribution in [2.75, 3.05) is 49.7 Å². The average molecular weight is 416 g/mol. The van der Waals surface area contributed by atoms with E-state index in [4.69, 9.17) is 4.74 Å². The molecule has 11 heteroatoms. The molecule has 27 heavy (non-hydrogen) atoms. The molecule has 1 aliphatic rings. The van der Waals surface area contributed by atoms with Gasteiger partial charge in [-0.15, -0.1) is 0 Å². The first-order chi connectivity index (χ1) is 12.6. The van der Waals surface area contributed by atoms with Crippen molar-refractivity contribution in [2.45, 2.75) is 12.4 Å². The number of alkyl halides is 6. The minimum atomic E-state index is -4.95. The number of benzene rings is 1. The third-order valence-corrected chi connectivity index (χ3v) is 4.70. The van der Waals surface area contributed by atoms with Crippen LogP contribution in [0.3, 0.4) is 0 Å². The van der Waals surface area contributed by atoms with Gasteiger partial charge in [-0.1, -0.05) is 0 Å². The molecule has 0 atom stereocenters.